The Hall–Kier alpha value is -2.29. The van der Waals surface area contributed by atoms with Gasteiger partial charge in [0.05, 0.1) is 0 Å². The maximum absolute atomic E-state index is 12.2. The Morgan fingerprint density at radius 3 is 1.91 bits per heavy atom. The van der Waals surface area contributed by atoms with E-state index in [4.69, 9.17) is 23.2 Å². The number of nitrogens with one attached hydrogen (secondary N) is 1. The van der Waals surface area contributed by atoms with Gasteiger partial charge in [0.2, 0.25) is 0 Å². The van der Waals surface area contributed by atoms with E-state index in [1.54, 1.807) is 18.2 Å². The zero-order valence-corrected chi connectivity index (χ0v) is 13.6. The van der Waals surface area contributed by atoms with Crippen LogP contribution in [0.1, 0.15) is 10.4 Å². The largest absolute Gasteiger partial charge is 0.322 e. The first-order chi connectivity index (χ1) is 11.1. The van der Waals surface area contributed by atoms with Crippen molar-refractivity contribution in [1.29, 1.82) is 0 Å². The lowest BCUT2D eigenvalue weighted by Crippen LogP contribution is -2.11. The summed E-state index contributed by atoms with van der Waals surface area (Å²) in [6.45, 7) is 0. The van der Waals surface area contributed by atoms with Gasteiger partial charge in [-0.15, -0.1) is 0 Å². The Bertz CT molecular complexity index is 809. The predicted molar refractivity (Wildman–Crippen MR) is 96.3 cm³/mol. The molecule has 114 valence electrons. The van der Waals surface area contributed by atoms with E-state index in [9.17, 15) is 4.79 Å². The SMILES string of the molecule is O=C(Nc1ccc(-c2ccccc2)cc1)c1cc(Cl)cc(Cl)c1. The third kappa shape index (κ3) is 3.92. The summed E-state index contributed by atoms with van der Waals surface area (Å²) in [4.78, 5) is 12.2. The fourth-order valence-corrected chi connectivity index (χ4v) is 2.79. The molecule has 2 nitrogen and oxygen atoms in total. The summed E-state index contributed by atoms with van der Waals surface area (Å²) in [5.41, 5.74) is 3.36. The van der Waals surface area contributed by atoms with Gasteiger partial charge in [-0.1, -0.05) is 65.7 Å². The fraction of sp³-hybridized carbons (Fsp3) is 0. The van der Waals surface area contributed by atoms with Crippen LogP contribution in [0.3, 0.4) is 0 Å². The third-order valence-electron chi connectivity index (χ3n) is 3.37. The zero-order chi connectivity index (χ0) is 16.2. The van der Waals surface area contributed by atoms with Crippen molar-refractivity contribution in [2.45, 2.75) is 0 Å². The van der Waals surface area contributed by atoms with Crippen LogP contribution in [-0.4, -0.2) is 5.91 Å². The highest BCUT2D eigenvalue weighted by molar-refractivity contribution is 6.35. The van der Waals surface area contributed by atoms with E-state index in [1.165, 1.54) is 0 Å². The van der Waals surface area contributed by atoms with Crippen LogP contribution in [0.25, 0.3) is 11.1 Å². The van der Waals surface area contributed by atoms with Crippen molar-refractivity contribution in [3.05, 3.63) is 88.4 Å². The van der Waals surface area contributed by atoms with Crippen LogP contribution in [0.4, 0.5) is 5.69 Å². The van der Waals surface area contributed by atoms with E-state index in [-0.39, 0.29) is 5.91 Å². The minimum Gasteiger partial charge on any atom is -0.322 e. The van der Waals surface area contributed by atoms with Crippen LogP contribution in [-0.2, 0) is 0 Å². The maximum atomic E-state index is 12.2. The zero-order valence-electron chi connectivity index (χ0n) is 12.1. The second kappa shape index (κ2) is 6.86. The molecule has 4 heteroatoms. The van der Waals surface area contributed by atoms with Gasteiger partial charge in [0.15, 0.2) is 0 Å². The van der Waals surface area contributed by atoms with Gasteiger partial charge in [-0.25, -0.2) is 0 Å². The first-order valence-electron chi connectivity index (χ1n) is 7.05. The van der Waals surface area contributed by atoms with Crippen molar-refractivity contribution < 1.29 is 4.79 Å². The predicted octanol–water partition coefficient (Wildman–Crippen LogP) is 5.91. The highest BCUT2D eigenvalue weighted by Gasteiger charge is 2.08. The van der Waals surface area contributed by atoms with Crippen molar-refractivity contribution in [1.82, 2.24) is 0 Å². The molecule has 1 amide bonds. The third-order valence-corrected chi connectivity index (χ3v) is 3.81. The van der Waals surface area contributed by atoms with Gasteiger partial charge in [-0.2, -0.15) is 0 Å². The molecule has 23 heavy (non-hydrogen) atoms. The molecule has 0 atom stereocenters. The first-order valence-corrected chi connectivity index (χ1v) is 7.80. The Labute approximate surface area is 144 Å². The number of rotatable bonds is 3. The van der Waals surface area contributed by atoms with Crippen molar-refractivity contribution in [3.8, 4) is 11.1 Å². The van der Waals surface area contributed by atoms with Crippen molar-refractivity contribution in [3.63, 3.8) is 0 Å². The maximum Gasteiger partial charge on any atom is 0.255 e. The summed E-state index contributed by atoms with van der Waals surface area (Å²) in [6.07, 6.45) is 0. The van der Waals surface area contributed by atoms with Gasteiger partial charge in [-0.3, -0.25) is 4.79 Å². The smallest absolute Gasteiger partial charge is 0.255 e. The van der Waals surface area contributed by atoms with Gasteiger partial charge < -0.3 is 5.32 Å². The fourth-order valence-electron chi connectivity index (χ4n) is 2.26. The molecule has 0 fully saturated rings. The summed E-state index contributed by atoms with van der Waals surface area (Å²) in [7, 11) is 0. The van der Waals surface area contributed by atoms with E-state index in [1.807, 2.05) is 54.6 Å². The molecule has 1 N–H and O–H groups in total. The number of anilines is 1. The molecule has 0 aliphatic heterocycles. The molecule has 0 heterocycles. The van der Waals surface area contributed by atoms with Gasteiger partial charge in [0.1, 0.15) is 0 Å². The van der Waals surface area contributed by atoms with Crippen LogP contribution in [0.2, 0.25) is 10.0 Å². The number of hydrogen-bond donors (Lipinski definition) is 1. The molecular weight excluding hydrogens is 329 g/mol. The standard InChI is InChI=1S/C19H13Cl2NO/c20-16-10-15(11-17(21)12-16)19(23)22-18-8-6-14(7-9-18)13-4-2-1-3-5-13/h1-12H,(H,22,23). The van der Waals surface area contributed by atoms with E-state index in [0.29, 0.717) is 21.3 Å². The Kier molecular flexibility index (Phi) is 4.65. The van der Waals surface area contributed by atoms with Crippen molar-refractivity contribution in [2.24, 2.45) is 0 Å². The molecule has 3 rings (SSSR count). The van der Waals surface area contributed by atoms with Crippen LogP contribution < -0.4 is 5.32 Å². The summed E-state index contributed by atoms with van der Waals surface area (Å²) in [6, 6.07) is 22.5. The Morgan fingerprint density at radius 2 is 1.30 bits per heavy atom. The summed E-state index contributed by atoms with van der Waals surface area (Å²) >= 11 is 11.8. The van der Waals surface area contributed by atoms with Gasteiger partial charge in [0.25, 0.3) is 5.91 Å². The lowest BCUT2D eigenvalue weighted by molar-refractivity contribution is 0.102. The molecular formula is C19H13Cl2NO. The quantitative estimate of drug-likeness (QED) is 0.630. The van der Waals surface area contributed by atoms with Crippen LogP contribution in [0.5, 0.6) is 0 Å². The molecule has 0 aromatic heterocycles. The van der Waals surface area contributed by atoms with Crippen molar-refractivity contribution >= 4 is 34.8 Å². The second-order valence-corrected chi connectivity index (χ2v) is 5.93. The van der Waals surface area contributed by atoms with E-state index >= 15 is 0 Å². The molecule has 0 unspecified atom stereocenters. The normalized spacial score (nSPS) is 10.3. The molecule has 0 aliphatic rings. The highest BCUT2D eigenvalue weighted by atomic mass is 35.5. The Balaban J connectivity index is 1.77. The molecule has 0 bridgehead atoms. The van der Waals surface area contributed by atoms with Crippen molar-refractivity contribution in [2.75, 3.05) is 5.32 Å². The van der Waals surface area contributed by atoms with Gasteiger partial charge >= 0.3 is 0 Å². The molecule has 0 saturated heterocycles. The lowest BCUT2D eigenvalue weighted by Gasteiger charge is -2.08. The Morgan fingerprint density at radius 1 is 0.739 bits per heavy atom. The number of amides is 1. The topological polar surface area (TPSA) is 29.1 Å². The van der Waals surface area contributed by atoms with Crippen LogP contribution in [0, 0.1) is 0 Å². The minimum atomic E-state index is -0.248. The number of hydrogen-bond acceptors (Lipinski definition) is 1. The van der Waals surface area contributed by atoms with E-state index in [0.717, 1.165) is 11.1 Å². The number of carbonyl (C=O) groups is 1. The average Bonchev–Trinajstić information content (AvgIpc) is 2.55. The van der Waals surface area contributed by atoms with Crippen LogP contribution in [0.15, 0.2) is 72.8 Å². The number of benzene rings is 3. The first kappa shape index (κ1) is 15.6. The summed E-state index contributed by atoms with van der Waals surface area (Å²) in [5.74, 6) is -0.248. The number of halogens is 2. The molecule has 3 aromatic carbocycles. The van der Waals surface area contributed by atoms with E-state index < -0.39 is 0 Å². The van der Waals surface area contributed by atoms with Crippen LogP contribution >= 0.6 is 23.2 Å². The molecule has 0 radical (unpaired) electrons. The monoisotopic (exact) mass is 341 g/mol. The highest BCUT2D eigenvalue weighted by Crippen LogP contribution is 2.23. The van der Waals surface area contributed by atoms with Gasteiger partial charge in [0, 0.05) is 21.3 Å². The minimum absolute atomic E-state index is 0.248. The number of carbonyl (C=O) groups excluding carboxylic acids is 1. The molecule has 3 aromatic rings. The average molecular weight is 342 g/mol. The molecule has 0 aliphatic carbocycles. The summed E-state index contributed by atoms with van der Waals surface area (Å²) < 4.78 is 0. The van der Waals surface area contributed by atoms with Gasteiger partial charge in [-0.05, 0) is 41.5 Å². The molecule has 0 saturated carbocycles. The lowest BCUT2D eigenvalue weighted by atomic mass is 10.1. The van der Waals surface area contributed by atoms with E-state index in [2.05, 4.69) is 5.32 Å². The second-order valence-electron chi connectivity index (χ2n) is 5.06. The summed E-state index contributed by atoms with van der Waals surface area (Å²) in [5, 5.41) is 3.70. The molecule has 0 spiro atoms.